The molecule has 4 heteroatoms. The highest BCUT2D eigenvalue weighted by Crippen LogP contribution is 2.04. The third kappa shape index (κ3) is 7.90. The van der Waals surface area contributed by atoms with Crippen molar-refractivity contribution >= 4 is 6.41 Å². The van der Waals surface area contributed by atoms with Crippen molar-refractivity contribution in [2.75, 3.05) is 0 Å². The first kappa shape index (κ1) is 12.6. The van der Waals surface area contributed by atoms with Crippen LogP contribution < -0.4 is 5.23 Å². The largest absolute Gasteiger partial charge is 0.365 e. The molecule has 0 aliphatic rings. The van der Waals surface area contributed by atoms with Crippen LogP contribution >= 0.6 is 0 Å². The minimum absolute atomic E-state index is 0.0417. The Labute approximate surface area is 79.7 Å². The van der Waals surface area contributed by atoms with Gasteiger partial charge in [0.25, 0.3) is 0 Å². The Balaban J connectivity index is 4.13. The maximum atomic E-state index is 10.6. The fourth-order valence-electron chi connectivity index (χ4n) is 0.672. The number of quaternary nitrogens is 1. The molecule has 0 rings (SSSR count). The molecule has 4 nitrogen and oxygen atoms in total. The van der Waals surface area contributed by atoms with E-state index >= 15 is 0 Å². The molecule has 0 aromatic heterocycles. The molecular weight excluding hydrogens is 170 g/mol. The number of hydroxylamine groups is 2. The van der Waals surface area contributed by atoms with Gasteiger partial charge in [0.1, 0.15) is 11.2 Å². The van der Waals surface area contributed by atoms with Crippen molar-refractivity contribution in [3.8, 4) is 0 Å². The van der Waals surface area contributed by atoms with Crippen LogP contribution in [-0.2, 0) is 14.5 Å². The molecule has 0 saturated heterocycles. The first-order valence-corrected chi connectivity index (χ1v) is 4.34. The zero-order valence-corrected chi connectivity index (χ0v) is 9.30. The van der Waals surface area contributed by atoms with Crippen molar-refractivity contribution in [3.63, 3.8) is 0 Å². The van der Waals surface area contributed by atoms with E-state index in [1.165, 1.54) is 0 Å². The molecule has 0 fully saturated rings. The summed E-state index contributed by atoms with van der Waals surface area (Å²) >= 11 is 0. The van der Waals surface area contributed by atoms with Crippen LogP contribution in [0.3, 0.4) is 0 Å². The molecule has 0 saturated carbocycles. The molecule has 1 amide bonds. The van der Waals surface area contributed by atoms with E-state index in [4.69, 9.17) is 9.68 Å². The third-order valence-electron chi connectivity index (χ3n) is 0.910. The first-order valence-electron chi connectivity index (χ1n) is 4.34. The van der Waals surface area contributed by atoms with Crippen LogP contribution in [0.5, 0.6) is 0 Å². The Morgan fingerprint density at radius 3 is 1.38 bits per heavy atom. The van der Waals surface area contributed by atoms with Gasteiger partial charge in [-0.2, -0.15) is 9.68 Å². The van der Waals surface area contributed by atoms with Gasteiger partial charge in [-0.1, -0.05) is 0 Å². The van der Waals surface area contributed by atoms with Gasteiger partial charge in [0.05, 0.1) is 0 Å². The average Bonchev–Trinajstić information content (AvgIpc) is 1.79. The molecule has 0 aromatic rings. The van der Waals surface area contributed by atoms with Gasteiger partial charge in [0.2, 0.25) is 0 Å². The van der Waals surface area contributed by atoms with E-state index in [2.05, 4.69) is 0 Å². The van der Waals surface area contributed by atoms with Crippen LogP contribution in [0.1, 0.15) is 41.5 Å². The van der Waals surface area contributed by atoms with Crippen LogP contribution in [0.15, 0.2) is 0 Å². The summed E-state index contributed by atoms with van der Waals surface area (Å²) in [5, 5.41) is 0.0417. The normalized spacial score (nSPS) is 13.5. The van der Waals surface area contributed by atoms with Crippen molar-refractivity contribution < 1.29 is 19.7 Å². The summed E-state index contributed by atoms with van der Waals surface area (Å²) in [5.74, 6) is 0. The standard InChI is InChI=1S/C9H19NO3/c1-8(2,3)12-10(7-11)13-9(4,5)6/h7H,1-6H3/p+1. The van der Waals surface area contributed by atoms with Crippen molar-refractivity contribution in [1.82, 2.24) is 0 Å². The summed E-state index contributed by atoms with van der Waals surface area (Å²) in [6, 6.07) is 0. The summed E-state index contributed by atoms with van der Waals surface area (Å²) < 4.78 is 0. The molecule has 13 heavy (non-hydrogen) atoms. The van der Waals surface area contributed by atoms with Crippen LogP contribution in [0.25, 0.3) is 0 Å². The number of carbonyl (C=O) groups is 1. The molecule has 0 unspecified atom stereocenters. The molecule has 0 aliphatic heterocycles. The summed E-state index contributed by atoms with van der Waals surface area (Å²) in [5.41, 5.74) is -0.803. The van der Waals surface area contributed by atoms with Gasteiger partial charge in [0, 0.05) is 5.23 Å². The maximum absolute atomic E-state index is 10.6. The fourth-order valence-corrected chi connectivity index (χ4v) is 0.672. The van der Waals surface area contributed by atoms with Crippen molar-refractivity contribution in [3.05, 3.63) is 0 Å². The number of nitrogens with one attached hydrogen (secondary N) is 1. The van der Waals surface area contributed by atoms with Gasteiger partial charge in [-0.25, -0.2) is 4.79 Å². The lowest BCUT2D eigenvalue weighted by molar-refractivity contribution is -1.19. The Hall–Kier alpha value is -0.450. The van der Waals surface area contributed by atoms with E-state index in [1.807, 2.05) is 41.5 Å². The van der Waals surface area contributed by atoms with E-state index in [0.29, 0.717) is 6.41 Å². The molecular formula is C9H20NO3+. The molecule has 0 heterocycles. The van der Waals surface area contributed by atoms with Crippen LogP contribution in [-0.4, -0.2) is 17.6 Å². The van der Waals surface area contributed by atoms with Gasteiger partial charge in [-0.15, -0.1) is 0 Å². The number of rotatable bonds is 3. The molecule has 1 N–H and O–H groups in total. The van der Waals surface area contributed by atoms with Gasteiger partial charge >= 0.3 is 6.41 Å². The number of hydrogen-bond acceptors (Lipinski definition) is 3. The SMILES string of the molecule is CC(C)(C)O[NH+](C=O)OC(C)(C)C. The van der Waals surface area contributed by atoms with Gasteiger partial charge < -0.3 is 0 Å². The lowest BCUT2D eigenvalue weighted by Crippen LogP contribution is -3.11. The first-order chi connectivity index (χ1) is 5.64. The second kappa shape index (κ2) is 4.17. The maximum Gasteiger partial charge on any atom is 0.365 e. The predicted octanol–water partition coefficient (Wildman–Crippen LogP) is 0.488. The van der Waals surface area contributed by atoms with Crippen molar-refractivity contribution in [1.29, 1.82) is 0 Å². The summed E-state index contributed by atoms with van der Waals surface area (Å²) in [6.45, 7) is 11.2. The fraction of sp³-hybridized carbons (Fsp3) is 0.889. The molecule has 0 atom stereocenters. The summed E-state index contributed by atoms with van der Waals surface area (Å²) in [4.78, 5) is 21.2. The van der Waals surface area contributed by atoms with E-state index in [1.54, 1.807) is 0 Å². The zero-order chi connectivity index (χ0) is 10.7. The minimum Gasteiger partial charge on any atom is -0.227 e. The van der Waals surface area contributed by atoms with Crippen LogP contribution in [0.4, 0.5) is 0 Å². The highest BCUT2D eigenvalue weighted by Gasteiger charge is 2.27. The third-order valence-corrected chi connectivity index (χ3v) is 0.910. The summed E-state index contributed by atoms with van der Waals surface area (Å²) in [7, 11) is 0. The Bertz CT molecular complexity index is 151. The highest BCUT2D eigenvalue weighted by molar-refractivity contribution is 5.31. The lowest BCUT2D eigenvalue weighted by atomic mass is 10.2. The van der Waals surface area contributed by atoms with Crippen LogP contribution in [0.2, 0.25) is 0 Å². The topological polar surface area (TPSA) is 40.0 Å². The smallest absolute Gasteiger partial charge is 0.227 e. The van der Waals surface area contributed by atoms with E-state index in [9.17, 15) is 4.79 Å². The zero-order valence-electron chi connectivity index (χ0n) is 9.30. The molecule has 0 spiro atoms. The predicted molar refractivity (Wildman–Crippen MR) is 48.7 cm³/mol. The minimum atomic E-state index is -0.401. The summed E-state index contributed by atoms with van der Waals surface area (Å²) in [6.07, 6.45) is 0.594. The van der Waals surface area contributed by atoms with Gasteiger partial charge in [-0.05, 0) is 41.5 Å². The van der Waals surface area contributed by atoms with Crippen LogP contribution in [0, 0.1) is 0 Å². The second-order valence-corrected chi connectivity index (χ2v) is 4.87. The number of carbonyl (C=O) groups excluding carboxylic acids is 1. The van der Waals surface area contributed by atoms with Crippen molar-refractivity contribution in [2.45, 2.75) is 52.7 Å². The molecule has 0 aliphatic carbocycles. The van der Waals surface area contributed by atoms with Gasteiger partial charge in [0.15, 0.2) is 0 Å². The lowest BCUT2D eigenvalue weighted by Gasteiger charge is -2.24. The number of amides is 1. The van der Waals surface area contributed by atoms with E-state index in [0.717, 1.165) is 0 Å². The monoisotopic (exact) mass is 190 g/mol. The Kier molecular flexibility index (Phi) is 4.03. The Morgan fingerprint density at radius 1 is 0.923 bits per heavy atom. The molecule has 0 bridgehead atoms. The second-order valence-electron chi connectivity index (χ2n) is 4.87. The number of hydrogen-bond donors (Lipinski definition) is 1. The van der Waals surface area contributed by atoms with Gasteiger partial charge in [-0.3, -0.25) is 0 Å². The van der Waals surface area contributed by atoms with E-state index < -0.39 is 11.2 Å². The van der Waals surface area contributed by atoms with E-state index in [-0.39, 0.29) is 5.23 Å². The highest BCUT2D eigenvalue weighted by atomic mass is 17.0. The quantitative estimate of drug-likeness (QED) is 0.520. The molecule has 0 radical (unpaired) electrons. The van der Waals surface area contributed by atoms with Crippen molar-refractivity contribution in [2.24, 2.45) is 0 Å². The molecule has 0 aromatic carbocycles. The Morgan fingerprint density at radius 2 is 1.23 bits per heavy atom. The average molecular weight is 190 g/mol. The molecule has 78 valence electrons.